The first kappa shape index (κ1) is 11.5. The number of hydrogen-bond donors (Lipinski definition) is 0. The van der Waals surface area contributed by atoms with Crippen molar-refractivity contribution in [2.45, 2.75) is 24.4 Å². The Morgan fingerprint density at radius 2 is 1.94 bits per heavy atom. The predicted molar refractivity (Wildman–Crippen MR) is 59.5 cm³/mol. The molecule has 1 fully saturated rings. The smallest absolute Gasteiger partial charge is 0.243 e. The Kier molecular flexibility index (Phi) is 2.99. The summed E-state index contributed by atoms with van der Waals surface area (Å²) in [7, 11) is -3.50. The maximum atomic E-state index is 13.0. The lowest BCUT2D eigenvalue weighted by atomic mass is 10.2. The summed E-state index contributed by atoms with van der Waals surface area (Å²) in [4.78, 5) is 0.243. The van der Waals surface area contributed by atoms with Crippen LogP contribution < -0.4 is 0 Å². The monoisotopic (exact) mass is 243 g/mol. The van der Waals surface area contributed by atoms with Gasteiger partial charge in [-0.05, 0) is 25.5 Å². The Hall–Kier alpha value is -0.940. The first-order valence-corrected chi connectivity index (χ1v) is 6.65. The molecular weight excluding hydrogens is 229 g/mol. The van der Waals surface area contributed by atoms with Crippen molar-refractivity contribution in [3.05, 3.63) is 29.8 Å². The molecule has 0 saturated carbocycles. The van der Waals surface area contributed by atoms with E-state index in [0.29, 0.717) is 6.42 Å². The summed E-state index contributed by atoms with van der Waals surface area (Å²) in [6, 6.07) is 6.62. The maximum Gasteiger partial charge on any atom is 0.243 e. The highest BCUT2D eigenvalue weighted by Gasteiger charge is 2.32. The molecule has 88 valence electrons. The highest BCUT2D eigenvalue weighted by atomic mass is 32.2. The van der Waals surface area contributed by atoms with Gasteiger partial charge in [0.1, 0.15) is 6.17 Å². The van der Waals surface area contributed by atoms with E-state index in [9.17, 15) is 12.8 Å². The van der Waals surface area contributed by atoms with E-state index in [1.165, 1.54) is 4.31 Å². The normalized spacial score (nSPS) is 22.5. The zero-order valence-corrected chi connectivity index (χ0v) is 9.87. The molecule has 1 atom stereocenters. The molecule has 3 nitrogen and oxygen atoms in total. The topological polar surface area (TPSA) is 37.4 Å². The fraction of sp³-hybridized carbons (Fsp3) is 0.455. The van der Waals surface area contributed by atoms with Crippen molar-refractivity contribution in [1.82, 2.24) is 4.31 Å². The van der Waals surface area contributed by atoms with Crippen LogP contribution in [0, 0.1) is 6.92 Å². The van der Waals surface area contributed by atoms with Gasteiger partial charge in [-0.1, -0.05) is 17.7 Å². The van der Waals surface area contributed by atoms with Crippen molar-refractivity contribution in [2.24, 2.45) is 0 Å². The van der Waals surface area contributed by atoms with E-state index in [0.717, 1.165) is 5.56 Å². The van der Waals surface area contributed by atoms with Crippen LogP contribution in [0.15, 0.2) is 29.2 Å². The Bertz CT molecular complexity index is 469. The number of hydrogen-bond acceptors (Lipinski definition) is 2. The van der Waals surface area contributed by atoms with Gasteiger partial charge in [0.2, 0.25) is 10.0 Å². The van der Waals surface area contributed by atoms with Crippen LogP contribution in [0.4, 0.5) is 4.39 Å². The van der Waals surface area contributed by atoms with Crippen molar-refractivity contribution in [3.8, 4) is 0 Å². The van der Waals surface area contributed by atoms with Gasteiger partial charge in [-0.25, -0.2) is 12.8 Å². The molecule has 0 aromatic heterocycles. The van der Waals surface area contributed by atoms with Gasteiger partial charge in [0, 0.05) is 13.1 Å². The third-order valence-electron chi connectivity index (χ3n) is 2.75. The summed E-state index contributed by atoms with van der Waals surface area (Å²) in [5, 5.41) is 0. The van der Waals surface area contributed by atoms with Crippen molar-refractivity contribution in [3.63, 3.8) is 0 Å². The molecule has 0 bridgehead atoms. The van der Waals surface area contributed by atoms with Gasteiger partial charge in [0.25, 0.3) is 0 Å². The molecule has 1 aliphatic rings. The van der Waals surface area contributed by atoms with Crippen molar-refractivity contribution in [2.75, 3.05) is 13.1 Å². The molecule has 0 spiro atoms. The molecule has 1 heterocycles. The van der Waals surface area contributed by atoms with Gasteiger partial charge in [-0.3, -0.25) is 0 Å². The molecule has 2 rings (SSSR count). The van der Waals surface area contributed by atoms with Crippen LogP contribution in [0.25, 0.3) is 0 Å². The Morgan fingerprint density at radius 1 is 1.31 bits per heavy atom. The second-order valence-electron chi connectivity index (χ2n) is 4.06. The van der Waals surface area contributed by atoms with Gasteiger partial charge >= 0.3 is 0 Å². The molecular formula is C11H14FNO2S. The first-order valence-electron chi connectivity index (χ1n) is 5.21. The van der Waals surface area contributed by atoms with Crippen molar-refractivity contribution >= 4 is 10.0 Å². The quantitative estimate of drug-likeness (QED) is 0.793. The summed E-state index contributed by atoms with van der Waals surface area (Å²) in [6.07, 6.45) is -0.731. The third-order valence-corrected chi connectivity index (χ3v) is 4.63. The SMILES string of the molecule is Cc1ccc(S(=O)(=O)N2CC[C@H](F)C2)cc1. The predicted octanol–water partition coefficient (Wildman–Crippen LogP) is 1.73. The fourth-order valence-electron chi connectivity index (χ4n) is 1.77. The molecule has 1 aromatic carbocycles. The molecule has 1 saturated heterocycles. The van der Waals surface area contributed by atoms with Gasteiger partial charge in [-0.15, -0.1) is 0 Å². The highest BCUT2D eigenvalue weighted by Crippen LogP contribution is 2.22. The zero-order valence-electron chi connectivity index (χ0n) is 9.06. The largest absolute Gasteiger partial charge is 0.246 e. The summed E-state index contributed by atoms with van der Waals surface area (Å²) in [5.74, 6) is 0. The van der Waals surface area contributed by atoms with Crippen LogP contribution in [-0.2, 0) is 10.0 Å². The first-order chi connectivity index (χ1) is 7.50. The summed E-state index contributed by atoms with van der Waals surface area (Å²) in [5.41, 5.74) is 1.00. The molecule has 0 aliphatic carbocycles. The van der Waals surface area contributed by atoms with Crippen LogP contribution in [0.5, 0.6) is 0 Å². The minimum Gasteiger partial charge on any atom is -0.246 e. The standard InChI is InChI=1S/C11H14FNO2S/c1-9-2-4-11(5-3-9)16(14,15)13-7-6-10(12)8-13/h2-5,10H,6-8H2,1H3/t10-/m0/s1. The van der Waals surface area contributed by atoms with Gasteiger partial charge < -0.3 is 0 Å². The molecule has 0 N–H and O–H groups in total. The summed E-state index contributed by atoms with van der Waals surface area (Å²) < 4.78 is 38.3. The number of rotatable bonds is 2. The Balaban J connectivity index is 2.29. The number of alkyl halides is 1. The van der Waals surface area contributed by atoms with E-state index in [2.05, 4.69) is 0 Å². The lowest BCUT2D eigenvalue weighted by Crippen LogP contribution is -2.29. The molecule has 16 heavy (non-hydrogen) atoms. The molecule has 0 radical (unpaired) electrons. The molecule has 5 heteroatoms. The molecule has 1 aliphatic heterocycles. The second kappa shape index (κ2) is 4.14. The number of aryl methyl sites for hydroxylation is 1. The lowest BCUT2D eigenvalue weighted by Gasteiger charge is -2.15. The van der Waals surface area contributed by atoms with Crippen molar-refractivity contribution in [1.29, 1.82) is 0 Å². The van der Waals surface area contributed by atoms with Gasteiger partial charge in [0.05, 0.1) is 4.90 Å². The number of halogens is 1. The lowest BCUT2D eigenvalue weighted by molar-refractivity contribution is 0.343. The average Bonchev–Trinajstić information content (AvgIpc) is 2.66. The van der Waals surface area contributed by atoms with Crippen molar-refractivity contribution < 1.29 is 12.8 Å². The summed E-state index contributed by atoms with van der Waals surface area (Å²) >= 11 is 0. The second-order valence-corrected chi connectivity index (χ2v) is 6.00. The zero-order chi connectivity index (χ0) is 11.8. The average molecular weight is 243 g/mol. The van der Waals surface area contributed by atoms with Gasteiger partial charge in [-0.2, -0.15) is 4.31 Å². The Labute approximate surface area is 94.9 Å². The maximum absolute atomic E-state index is 13.0. The van der Waals surface area contributed by atoms with Crippen LogP contribution in [0.1, 0.15) is 12.0 Å². The highest BCUT2D eigenvalue weighted by molar-refractivity contribution is 7.89. The van der Waals surface area contributed by atoms with Crippen LogP contribution in [0.3, 0.4) is 0 Å². The fourth-order valence-corrected chi connectivity index (χ4v) is 3.25. The minimum atomic E-state index is -3.50. The van der Waals surface area contributed by atoms with E-state index < -0.39 is 16.2 Å². The third kappa shape index (κ3) is 2.10. The molecule has 0 amide bonds. The number of nitrogens with zero attached hydrogens (tertiary/aromatic N) is 1. The number of sulfonamides is 1. The van der Waals surface area contributed by atoms with Gasteiger partial charge in [0.15, 0.2) is 0 Å². The Morgan fingerprint density at radius 3 is 2.44 bits per heavy atom. The summed E-state index contributed by atoms with van der Waals surface area (Å²) in [6.45, 7) is 2.15. The van der Waals surface area contributed by atoms with Crippen LogP contribution >= 0.6 is 0 Å². The van der Waals surface area contributed by atoms with E-state index in [-0.39, 0.29) is 18.0 Å². The van der Waals surface area contributed by atoms with E-state index in [1.54, 1.807) is 24.3 Å². The molecule has 1 aromatic rings. The molecule has 0 unspecified atom stereocenters. The van der Waals surface area contributed by atoms with E-state index >= 15 is 0 Å². The van der Waals surface area contributed by atoms with Crippen LogP contribution in [-0.4, -0.2) is 32.0 Å². The van der Waals surface area contributed by atoms with Crippen LogP contribution in [0.2, 0.25) is 0 Å². The van der Waals surface area contributed by atoms with E-state index in [1.807, 2.05) is 6.92 Å². The minimum absolute atomic E-state index is 0.0176. The number of benzene rings is 1. The van der Waals surface area contributed by atoms with E-state index in [4.69, 9.17) is 0 Å².